The number of nitrogens with zero attached hydrogens (tertiary/aromatic N) is 1. The molecule has 0 aliphatic heterocycles. The largest absolute Gasteiger partial charge is 0.481 e. The topological polar surface area (TPSA) is 59.3 Å². The van der Waals surface area contributed by atoms with Gasteiger partial charge >= 0.3 is 5.97 Å². The molecule has 1 N–H and O–H groups in total. The number of carboxylic acid groups (broad SMARTS) is 1. The third-order valence-corrected chi connectivity index (χ3v) is 1.47. The molecule has 0 amide bonds. The Morgan fingerprint density at radius 2 is 2.25 bits per heavy atom. The van der Waals surface area contributed by atoms with E-state index in [-0.39, 0.29) is 18.5 Å². The van der Waals surface area contributed by atoms with Gasteiger partial charge < -0.3 is 9.67 Å². The van der Waals surface area contributed by atoms with Gasteiger partial charge in [-0.25, -0.2) is 0 Å². The molecule has 0 atom stereocenters. The Labute approximate surface area is 69.1 Å². The van der Waals surface area contributed by atoms with Gasteiger partial charge in [-0.05, 0) is 6.07 Å². The van der Waals surface area contributed by atoms with E-state index in [2.05, 4.69) is 0 Å². The average molecular weight is 167 g/mol. The number of aromatic nitrogens is 1. The minimum Gasteiger partial charge on any atom is -0.481 e. The minimum absolute atomic E-state index is 0.0239. The molecule has 1 aromatic rings. The fraction of sp³-hybridized carbons (Fsp3) is 0.250. The molecule has 4 heteroatoms. The van der Waals surface area contributed by atoms with Crippen molar-refractivity contribution in [3.63, 3.8) is 0 Å². The molecular weight excluding hydrogens is 158 g/mol. The van der Waals surface area contributed by atoms with E-state index in [0.717, 1.165) is 0 Å². The van der Waals surface area contributed by atoms with Crippen LogP contribution in [0.4, 0.5) is 0 Å². The fourth-order valence-electron chi connectivity index (χ4n) is 0.861. The van der Waals surface area contributed by atoms with Gasteiger partial charge in [-0.15, -0.1) is 0 Å². The van der Waals surface area contributed by atoms with Crippen molar-refractivity contribution in [3.8, 4) is 0 Å². The highest BCUT2D eigenvalue weighted by Gasteiger charge is 1.97. The lowest BCUT2D eigenvalue weighted by atomic mass is 10.4. The summed E-state index contributed by atoms with van der Waals surface area (Å²) in [6, 6.07) is 4.73. The molecule has 0 spiro atoms. The maximum atomic E-state index is 11.0. The maximum Gasteiger partial charge on any atom is 0.305 e. The first kappa shape index (κ1) is 8.52. The van der Waals surface area contributed by atoms with Gasteiger partial charge in [0.25, 0.3) is 5.56 Å². The number of rotatable bonds is 3. The molecular formula is C8H9NO3. The summed E-state index contributed by atoms with van der Waals surface area (Å²) in [5.41, 5.74) is -0.168. The lowest BCUT2D eigenvalue weighted by molar-refractivity contribution is -0.137. The number of hydrogen-bond acceptors (Lipinski definition) is 2. The Bertz CT molecular complexity index is 329. The zero-order chi connectivity index (χ0) is 8.97. The average Bonchev–Trinajstić information content (AvgIpc) is 2.03. The first-order chi connectivity index (χ1) is 5.70. The first-order valence-electron chi connectivity index (χ1n) is 3.57. The van der Waals surface area contributed by atoms with Crippen molar-refractivity contribution in [1.29, 1.82) is 0 Å². The fourth-order valence-corrected chi connectivity index (χ4v) is 0.861. The van der Waals surface area contributed by atoms with Crippen LogP contribution in [-0.4, -0.2) is 15.6 Å². The van der Waals surface area contributed by atoms with Crippen molar-refractivity contribution >= 4 is 5.97 Å². The summed E-state index contributed by atoms with van der Waals surface area (Å²) in [4.78, 5) is 21.2. The zero-order valence-electron chi connectivity index (χ0n) is 6.43. The van der Waals surface area contributed by atoms with E-state index < -0.39 is 5.97 Å². The van der Waals surface area contributed by atoms with Gasteiger partial charge in [0.2, 0.25) is 0 Å². The lowest BCUT2D eigenvalue weighted by Gasteiger charge is -2.00. The van der Waals surface area contributed by atoms with Crippen molar-refractivity contribution in [2.75, 3.05) is 0 Å². The van der Waals surface area contributed by atoms with Gasteiger partial charge in [-0.2, -0.15) is 0 Å². The second-order valence-corrected chi connectivity index (χ2v) is 2.38. The lowest BCUT2D eigenvalue weighted by Crippen LogP contribution is -2.19. The summed E-state index contributed by atoms with van der Waals surface area (Å²) < 4.78 is 1.37. The monoisotopic (exact) mass is 167 g/mol. The Morgan fingerprint density at radius 3 is 2.83 bits per heavy atom. The summed E-state index contributed by atoms with van der Waals surface area (Å²) >= 11 is 0. The van der Waals surface area contributed by atoms with Crippen molar-refractivity contribution in [1.82, 2.24) is 4.57 Å². The molecule has 64 valence electrons. The molecule has 0 fully saturated rings. The van der Waals surface area contributed by atoms with Gasteiger partial charge in [0.15, 0.2) is 0 Å². The highest BCUT2D eigenvalue weighted by Crippen LogP contribution is 1.86. The molecule has 1 rings (SSSR count). The molecule has 0 radical (unpaired) electrons. The van der Waals surface area contributed by atoms with Crippen LogP contribution in [0.15, 0.2) is 29.2 Å². The van der Waals surface area contributed by atoms with E-state index in [1.165, 1.54) is 10.6 Å². The van der Waals surface area contributed by atoms with E-state index in [0.29, 0.717) is 0 Å². The molecule has 0 bridgehead atoms. The summed E-state index contributed by atoms with van der Waals surface area (Å²) in [5.74, 6) is -0.897. The number of pyridine rings is 1. The van der Waals surface area contributed by atoms with Crippen molar-refractivity contribution in [3.05, 3.63) is 34.7 Å². The highest BCUT2D eigenvalue weighted by molar-refractivity contribution is 5.66. The smallest absolute Gasteiger partial charge is 0.305 e. The Balaban J connectivity index is 2.70. The van der Waals surface area contributed by atoms with Gasteiger partial charge in [-0.1, -0.05) is 6.07 Å². The predicted octanol–water partition coefficient (Wildman–Crippen LogP) is 0.323. The van der Waals surface area contributed by atoms with Crippen LogP contribution in [0.25, 0.3) is 0 Å². The van der Waals surface area contributed by atoms with Gasteiger partial charge in [0.05, 0.1) is 6.42 Å². The maximum absolute atomic E-state index is 11.0. The van der Waals surface area contributed by atoms with Gasteiger partial charge in [-0.3, -0.25) is 9.59 Å². The number of hydrogen-bond donors (Lipinski definition) is 1. The number of carboxylic acids is 1. The molecule has 0 aromatic carbocycles. The quantitative estimate of drug-likeness (QED) is 0.705. The minimum atomic E-state index is -0.897. The third-order valence-electron chi connectivity index (χ3n) is 1.47. The predicted molar refractivity (Wildman–Crippen MR) is 43.0 cm³/mol. The zero-order valence-corrected chi connectivity index (χ0v) is 6.43. The summed E-state index contributed by atoms with van der Waals surface area (Å²) in [6.07, 6.45) is 1.55. The van der Waals surface area contributed by atoms with Gasteiger partial charge in [0.1, 0.15) is 0 Å². The van der Waals surface area contributed by atoms with Gasteiger partial charge in [0, 0.05) is 18.8 Å². The van der Waals surface area contributed by atoms with E-state index in [9.17, 15) is 9.59 Å². The van der Waals surface area contributed by atoms with Crippen LogP contribution in [0.2, 0.25) is 0 Å². The van der Waals surface area contributed by atoms with E-state index in [4.69, 9.17) is 5.11 Å². The Hall–Kier alpha value is -1.58. The molecule has 0 saturated carbocycles. The van der Waals surface area contributed by atoms with E-state index >= 15 is 0 Å². The molecule has 0 saturated heterocycles. The third kappa shape index (κ3) is 2.23. The van der Waals surface area contributed by atoms with E-state index in [1.54, 1.807) is 18.3 Å². The van der Waals surface area contributed by atoms with Crippen LogP contribution in [0.5, 0.6) is 0 Å². The first-order valence-corrected chi connectivity index (χ1v) is 3.57. The van der Waals surface area contributed by atoms with Crippen molar-refractivity contribution < 1.29 is 9.90 Å². The summed E-state index contributed by atoms with van der Waals surface area (Å²) in [6.45, 7) is 0.231. The number of aliphatic carboxylic acids is 1. The molecule has 4 nitrogen and oxygen atoms in total. The van der Waals surface area contributed by atoms with Crippen molar-refractivity contribution in [2.24, 2.45) is 0 Å². The number of aryl methyl sites for hydroxylation is 1. The highest BCUT2D eigenvalue weighted by atomic mass is 16.4. The molecule has 1 heterocycles. The van der Waals surface area contributed by atoms with Crippen LogP contribution in [0.1, 0.15) is 6.42 Å². The second kappa shape index (κ2) is 3.71. The molecule has 12 heavy (non-hydrogen) atoms. The SMILES string of the molecule is O=C(O)CCn1ccccc1=O. The molecule has 1 aromatic heterocycles. The number of carbonyl (C=O) groups is 1. The molecule has 0 aliphatic rings. The van der Waals surface area contributed by atoms with Crippen LogP contribution in [0, 0.1) is 0 Å². The Morgan fingerprint density at radius 1 is 1.50 bits per heavy atom. The van der Waals surface area contributed by atoms with Crippen LogP contribution in [0.3, 0.4) is 0 Å². The second-order valence-electron chi connectivity index (χ2n) is 2.38. The Kier molecular flexibility index (Phi) is 2.63. The van der Waals surface area contributed by atoms with E-state index in [1.807, 2.05) is 0 Å². The molecule has 0 unspecified atom stereocenters. The summed E-state index contributed by atoms with van der Waals surface area (Å²) in [7, 11) is 0. The molecule has 0 aliphatic carbocycles. The van der Waals surface area contributed by atoms with Crippen molar-refractivity contribution in [2.45, 2.75) is 13.0 Å². The normalized spacial score (nSPS) is 9.67. The van der Waals surface area contributed by atoms with Crippen LogP contribution < -0.4 is 5.56 Å². The van der Waals surface area contributed by atoms with Crippen LogP contribution in [-0.2, 0) is 11.3 Å². The standard InChI is InChI=1S/C8H9NO3/c10-7-3-1-2-5-9(7)6-4-8(11)12/h1-3,5H,4,6H2,(H,11,12). The van der Waals surface area contributed by atoms with Crippen LogP contribution >= 0.6 is 0 Å². The summed E-state index contributed by atoms with van der Waals surface area (Å²) in [5, 5.41) is 8.35.